The van der Waals surface area contributed by atoms with Crippen molar-refractivity contribution in [3.8, 4) is 5.75 Å². The highest BCUT2D eigenvalue weighted by Gasteiger charge is 2.04. The van der Waals surface area contributed by atoms with Crippen LogP contribution in [0.25, 0.3) is 0 Å². The van der Waals surface area contributed by atoms with Crippen LogP contribution in [0.1, 0.15) is 33.1 Å². The van der Waals surface area contributed by atoms with Gasteiger partial charge in [0.1, 0.15) is 5.75 Å². The first-order valence-electron chi connectivity index (χ1n) is 6.04. The van der Waals surface area contributed by atoms with E-state index in [-0.39, 0.29) is 0 Å². The third-order valence-corrected chi connectivity index (χ3v) is 2.46. The minimum Gasteiger partial charge on any atom is -0.492 e. The second-order valence-corrected chi connectivity index (χ2v) is 3.78. The topological polar surface area (TPSA) is 47.3 Å². The maximum atomic E-state index is 6.00. The van der Waals surface area contributed by atoms with Crippen molar-refractivity contribution >= 4 is 11.4 Å². The lowest BCUT2D eigenvalue weighted by Crippen LogP contribution is -2.05. The van der Waals surface area contributed by atoms with Gasteiger partial charge in [0, 0.05) is 6.54 Å². The van der Waals surface area contributed by atoms with Crippen molar-refractivity contribution in [3.05, 3.63) is 18.2 Å². The Kier molecular flexibility index (Phi) is 5.54. The molecular formula is C13H22N2O. The molecule has 0 aliphatic heterocycles. The molecular weight excluding hydrogens is 200 g/mol. The number of benzene rings is 1. The lowest BCUT2D eigenvalue weighted by Gasteiger charge is -2.12. The van der Waals surface area contributed by atoms with E-state index in [0.717, 1.165) is 18.0 Å². The van der Waals surface area contributed by atoms with Gasteiger partial charge >= 0.3 is 0 Å². The Morgan fingerprint density at radius 2 is 2.06 bits per heavy atom. The lowest BCUT2D eigenvalue weighted by molar-refractivity contribution is 0.342. The number of hydrogen-bond acceptors (Lipinski definition) is 3. The van der Waals surface area contributed by atoms with Crippen LogP contribution in [-0.4, -0.2) is 13.2 Å². The normalized spacial score (nSPS) is 10.1. The van der Waals surface area contributed by atoms with Crippen LogP contribution in [0.2, 0.25) is 0 Å². The molecule has 0 unspecified atom stereocenters. The molecule has 3 nitrogen and oxygen atoms in total. The molecule has 3 N–H and O–H groups in total. The predicted molar refractivity (Wildman–Crippen MR) is 70.0 cm³/mol. The van der Waals surface area contributed by atoms with Crippen molar-refractivity contribution in [2.45, 2.75) is 33.1 Å². The molecule has 0 fully saturated rings. The maximum absolute atomic E-state index is 6.00. The molecule has 1 aromatic rings. The number of rotatable bonds is 7. The van der Waals surface area contributed by atoms with Crippen LogP contribution < -0.4 is 15.8 Å². The number of nitrogens with two attached hydrogens (primary N) is 1. The number of para-hydroxylation sites is 1. The Balaban J connectivity index is 2.55. The van der Waals surface area contributed by atoms with Gasteiger partial charge in [0.05, 0.1) is 18.0 Å². The molecule has 0 aliphatic carbocycles. The monoisotopic (exact) mass is 222 g/mol. The van der Waals surface area contributed by atoms with E-state index in [1.54, 1.807) is 0 Å². The first-order chi connectivity index (χ1) is 7.79. The largest absolute Gasteiger partial charge is 0.492 e. The predicted octanol–water partition coefficient (Wildman–Crippen LogP) is 3.27. The van der Waals surface area contributed by atoms with Gasteiger partial charge in [-0.15, -0.1) is 0 Å². The van der Waals surface area contributed by atoms with E-state index in [2.05, 4.69) is 12.2 Å². The summed E-state index contributed by atoms with van der Waals surface area (Å²) in [4.78, 5) is 0. The zero-order valence-corrected chi connectivity index (χ0v) is 10.3. The lowest BCUT2D eigenvalue weighted by atomic mass is 10.2. The third-order valence-electron chi connectivity index (χ3n) is 2.46. The number of nitrogen functional groups attached to an aromatic ring is 1. The molecule has 0 saturated carbocycles. The Bertz CT molecular complexity index is 313. The average Bonchev–Trinajstić information content (AvgIpc) is 2.29. The second-order valence-electron chi connectivity index (χ2n) is 3.78. The van der Waals surface area contributed by atoms with Gasteiger partial charge in [0.2, 0.25) is 0 Å². The van der Waals surface area contributed by atoms with Gasteiger partial charge in [-0.3, -0.25) is 0 Å². The molecule has 0 atom stereocenters. The molecule has 1 rings (SSSR count). The van der Waals surface area contributed by atoms with E-state index < -0.39 is 0 Å². The molecule has 0 aromatic heterocycles. The van der Waals surface area contributed by atoms with Crippen molar-refractivity contribution in [3.63, 3.8) is 0 Å². The van der Waals surface area contributed by atoms with E-state index in [0.29, 0.717) is 12.3 Å². The summed E-state index contributed by atoms with van der Waals surface area (Å²) in [5.74, 6) is 0.767. The van der Waals surface area contributed by atoms with Crippen LogP contribution in [0.3, 0.4) is 0 Å². The van der Waals surface area contributed by atoms with Crippen LogP contribution in [0.4, 0.5) is 11.4 Å². The number of anilines is 2. The Morgan fingerprint density at radius 3 is 2.75 bits per heavy atom. The molecule has 16 heavy (non-hydrogen) atoms. The summed E-state index contributed by atoms with van der Waals surface area (Å²) < 4.78 is 5.44. The van der Waals surface area contributed by atoms with Gasteiger partial charge in [-0.05, 0) is 25.5 Å². The molecule has 0 bridgehead atoms. The average molecular weight is 222 g/mol. The molecule has 1 aromatic carbocycles. The summed E-state index contributed by atoms with van der Waals surface area (Å²) in [5, 5.41) is 3.34. The third kappa shape index (κ3) is 3.65. The summed E-state index contributed by atoms with van der Waals surface area (Å²) in [7, 11) is 0. The molecule has 0 aliphatic rings. The second kappa shape index (κ2) is 6.99. The highest BCUT2D eigenvalue weighted by atomic mass is 16.5. The minimum absolute atomic E-state index is 0.642. The zero-order valence-electron chi connectivity index (χ0n) is 10.3. The summed E-state index contributed by atoms with van der Waals surface area (Å²) in [6.07, 6.45) is 3.66. The Hall–Kier alpha value is -1.38. The zero-order chi connectivity index (χ0) is 11.8. The first-order valence-corrected chi connectivity index (χ1v) is 6.04. The van der Waals surface area contributed by atoms with Gasteiger partial charge in [-0.1, -0.05) is 25.8 Å². The summed E-state index contributed by atoms with van der Waals surface area (Å²) in [6, 6.07) is 5.85. The first kappa shape index (κ1) is 12.7. The van der Waals surface area contributed by atoms with Gasteiger partial charge in [0.25, 0.3) is 0 Å². The van der Waals surface area contributed by atoms with Gasteiger partial charge in [-0.25, -0.2) is 0 Å². The van der Waals surface area contributed by atoms with Crippen molar-refractivity contribution in [1.82, 2.24) is 0 Å². The molecule has 90 valence electrons. The van der Waals surface area contributed by atoms with Crippen molar-refractivity contribution in [1.29, 1.82) is 0 Å². The Labute approximate surface area is 98.0 Å². The fourth-order valence-electron chi connectivity index (χ4n) is 1.58. The minimum atomic E-state index is 0.642. The van der Waals surface area contributed by atoms with Gasteiger partial charge in [0.15, 0.2) is 0 Å². The smallest absolute Gasteiger partial charge is 0.144 e. The highest BCUT2D eigenvalue weighted by molar-refractivity contribution is 5.72. The quantitative estimate of drug-likeness (QED) is 0.550. The fourth-order valence-corrected chi connectivity index (χ4v) is 1.58. The number of hydrogen-bond donors (Lipinski definition) is 2. The summed E-state index contributed by atoms with van der Waals surface area (Å²) in [5.41, 5.74) is 7.68. The molecule has 3 heteroatoms. The van der Waals surface area contributed by atoms with Crippen LogP contribution in [-0.2, 0) is 0 Å². The summed E-state index contributed by atoms with van der Waals surface area (Å²) >= 11 is 0. The standard InChI is InChI=1S/C13H22N2O/c1-3-5-6-10-15-11-8-7-9-12(13(11)14)16-4-2/h7-9,15H,3-6,10,14H2,1-2H3. The maximum Gasteiger partial charge on any atom is 0.144 e. The molecule has 0 heterocycles. The van der Waals surface area contributed by atoms with E-state index in [1.807, 2.05) is 25.1 Å². The Morgan fingerprint density at radius 1 is 1.25 bits per heavy atom. The molecule has 0 amide bonds. The number of ether oxygens (including phenoxy) is 1. The van der Waals surface area contributed by atoms with Crippen LogP contribution in [0.5, 0.6) is 5.75 Å². The number of nitrogens with one attached hydrogen (secondary N) is 1. The van der Waals surface area contributed by atoms with E-state index >= 15 is 0 Å². The van der Waals surface area contributed by atoms with Crippen molar-refractivity contribution in [2.75, 3.05) is 24.2 Å². The fraction of sp³-hybridized carbons (Fsp3) is 0.538. The van der Waals surface area contributed by atoms with Gasteiger partial charge in [-0.2, -0.15) is 0 Å². The SMILES string of the molecule is CCCCCNc1cccc(OCC)c1N. The molecule has 0 radical (unpaired) electrons. The number of unbranched alkanes of at least 4 members (excludes halogenated alkanes) is 2. The van der Waals surface area contributed by atoms with Crippen LogP contribution >= 0.6 is 0 Å². The van der Waals surface area contributed by atoms with Crippen LogP contribution in [0.15, 0.2) is 18.2 Å². The van der Waals surface area contributed by atoms with Crippen LogP contribution in [0, 0.1) is 0 Å². The molecule has 0 spiro atoms. The van der Waals surface area contributed by atoms with Crippen molar-refractivity contribution in [2.24, 2.45) is 0 Å². The van der Waals surface area contributed by atoms with Gasteiger partial charge < -0.3 is 15.8 Å². The molecule has 0 saturated heterocycles. The summed E-state index contributed by atoms with van der Waals surface area (Å²) in [6.45, 7) is 5.77. The van der Waals surface area contributed by atoms with E-state index in [9.17, 15) is 0 Å². The highest BCUT2D eigenvalue weighted by Crippen LogP contribution is 2.29. The van der Waals surface area contributed by atoms with E-state index in [1.165, 1.54) is 19.3 Å². The van der Waals surface area contributed by atoms with E-state index in [4.69, 9.17) is 10.5 Å². The van der Waals surface area contributed by atoms with Crippen molar-refractivity contribution < 1.29 is 4.74 Å².